The Hall–Kier alpha value is -2.45. The van der Waals surface area contributed by atoms with E-state index in [4.69, 9.17) is 0 Å². The van der Waals surface area contributed by atoms with Crippen molar-refractivity contribution in [1.29, 1.82) is 0 Å². The summed E-state index contributed by atoms with van der Waals surface area (Å²) in [5, 5.41) is 13.6. The van der Waals surface area contributed by atoms with Crippen LogP contribution < -0.4 is 5.32 Å². The highest BCUT2D eigenvalue weighted by Crippen LogP contribution is 2.22. The standard InChI is InChI=1S/C20H22N4O2S2/c1-3-15-7-4-5-8-16(15)24-13-21-23-20(24)28-12-19(26)22-14(2)11-17(25)18-9-6-10-27-18/h4-10,13-14H,3,11-12H2,1-2H3,(H,22,26)/t14-/m1/s1. The number of thioether (sulfide) groups is 1. The van der Waals surface area contributed by atoms with Gasteiger partial charge >= 0.3 is 0 Å². The van der Waals surface area contributed by atoms with E-state index in [0.717, 1.165) is 17.0 Å². The molecule has 0 aliphatic carbocycles. The van der Waals surface area contributed by atoms with Crippen molar-refractivity contribution < 1.29 is 9.59 Å². The maximum absolute atomic E-state index is 12.3. The molecule has 1 aromatic carbocycles. The number of ketones is 1. The molecule has 0 spiro atoms. The first-order valence-corrected chi connectivity index (χ1v) is 10.9. The van der Waals surface area contributed by atoms with Crippen molar-refractivity contribution in [3.63, 3.8) is 0 Å². The minimum Gasteiger partial charge on any atom is -0.352 e. The first-order chi connectivity index (χ1) is 13.6. The van der Waals surface area contributed by atoms with Crippen LogP contribution in [0.3, 0.4) is 0 Å². The molecule has 0 aliphatic rings. The SMILES string of the molecule is CCc1ccccc1-n1cnnc1SCC(=O)N[C@H](C)CC(=O)c1cccs1. The first kappa shape index (κ1) is 20.3. The van der Waals surface area contributed by atoms with Crippen LogP contribution in [0.2, 0.25) is 0 Å². The van der Waals surface area contributed by atoms with E-state index in [9.17, 15) is 9.59 Å². The molecule has 146 valence electrons. The van der Waals surface area contributed by atoms with E-state index in [2.05, 4.69) is 28.5 Å². The third-order valence-electron chi connectivity index (χ3n) is 4.18. The van der Waals surface area contributed by atoms with Gasteiger partial charge in [-0.1, -0.05) is 43.0 Å². The average Bonchev–Trinajstić information content (AvgIpc) is 3.38. The number of aryl methyl sites for hydroxylation is 1. The van der Waals surface area contributed by atoms with Crippen LogP contribution in [0.1, 0.15) is 35.5 Å². The molecule has 2 heterocycles. The van der Waals surface area contributed by atoms with E-state index in [0.29, 0.717) is 5.16 Å². The number of para-hydroxylation sites is 1. The van der Waals surface area contributed by atoms with Crippen molar-refractivity contribution in [3.8, 4) is 5.69 Å². The summed E-state index contributed by atoms with van der Waals surface area (Å²) in [6.07, 6.45) is 2.85. The molecule has 0 unspecified atom stereocenters. The molecular formula is C20H22N4O2S2. The predicted octanol–water partition coefficient (Wildman–Crippen LogP) is 3.76. The second-order valence-electron chi connectivity index (χ2n) is 6.33. The average molecular weight is 415 g/mol. The largest absolute Gasteiger partial charge is 0.352 e. The molecule has 0 saturated heterocycles. The van der Waals surface area contributed by atoms with Gasteiger partial charge in [-0.2, -0.15) is 0 Å². The van der Waals surface area contributed by atoms with E-state index in [1.54, 1.807) is 12.4 Å². The van der Waals surface area contributed by atoms with E-state index in [1.807, 2.05) is 41.1 Å². The number of aromatic nitrogens is 3. The fourth-order valence-electron chi connectivity index (χ4n) is 2.85. The molecule has 0 saturated carbocycles. The quantitative estimate of drug-likeness (QED) is 0.426. The number of benzene rings is 1. The van der Waals surface area contributed by atoms with Gasteiger partial charge in [-0.15, -0.1) is 21.5 Å². The normalized spacial score (nSPS) is 11.9. The molecule has 8 heteroatoms. The molecule has 1 amide bonds. The number of nitrogens with one attached hydrogen (secondary N) is 1. The van der Waals surface area contributed by atoms with Crippen molar-refractivity contribution in [2.45, 2.75) is 37.9 Å². The maximum atomic E-state index is 12.3. The first-order valence-electron chi connectivity index (χ1n) is 9.05. The van der Waals surface area contributed by atoms with Gasteiger partial charge in [0.25, 0.3) is 0 Å². The minimum absolute atomic E-state index is 0.0476. The Bertz CT molecular complexity index is 937. The van der Waals surface area contributed by atoms with Crippen LogP contribution in [0.4, 0.5) is 0 Å². The number of carbonyl (C=O) groups is 2. The number of amides is 1. The molecule has 0 radical (unpaired) electrons. The molecule has 3 rings (SSSR count). The summed E-state index contributed by atoms with van der Waals surface area (Å²) in [7, 11) is 0. The highest BCUT2D eigenvalue weighted by molar-refractivity contribution is 7.99. The molecule has 3 aromatic rings. The lowest BCUT2D eigenvalue weighted by Crippen LogP contribution is -2.35. The molecule has 0 fully saturated rings. The van der Waals surface area contributed by atoms with Crippen LogP contribution in [0.25, 0.3) is 5.69 Å². The van der Waals surface area contributed by atoms with Gasteiger partial charge in [0.15, 0.2) is 10.9 Å². The van der Waals surface area contributed by atoms with Gasteiger partial charge in [-0.3, -0.25) is 14.2 Å². The number of rotatable bonds is 9. The van der Waals surface area contributed by atoms with Crippen LogP contribution in [0.15, 0.2) is 53.3 Å². The van der Waals surface area contributed by atoms with E-state index < -0.39 is 0 Å². The number of hydrogen-bond donors (Lipinski definition) is 1. The zero-order valence-corrected chi connectivity index (χ0v) is 17.4. The minimum atomic E-state index is -0.221. The monoisotopic (exact) mass is 414 g/mol. The summed E-state index contributed by atoms with van der Waals surface area (Å²) >= 11 is 2.75. The number of nitrogens with zero attached hydrogens (tertiary/aromatic N) is 3. The summed E-state index contributed by atoms with van der Waals surface area (Å²) in [5.41, 5.74) is 2.21. The lowest BCUT2D eigenvalue weighted by atomic mass is 10.1. The number of Topliss-reactive ketones (excluding diaryl/α,β-unsaturated/α-hetero) is 1. The molecular weight excluding hydrogens is 392 g/mol. The molecule has 28 heavy (non-hydrogen) atoms. The Morgan fingerprint density at radius 1 is 1.25 bits per heavy atom. The van der Waals surface area contributed by atoms with Crippen LogP contribution in [0.5, 0.6) is 0 Å². The van der Waals surface area contributed by atoms with Crippen molar-refractivity contribution in [2.24, 2.45) is 0 Å². The molecule has 1 N–H and O–H groups in total. The zero-order valence-electron chi connectivity index (χ0n) is 15.8. The molecule has 0 bridgehead atoms. The number of carbonyl (C=O) groups excluding carboxylic acids is 2. The highest BCUT2D eigenvalue weighted by Gasteiger charge is 2.16. The summed E-state index contributed by atoms with van der Waals surface area (Å²) in [5.74, 6) is 0.131. The predicted molar refractivity (Wildman–Crippen MR) is 112 cm³/mol. The van der Waals surface area contributed by atoms with Crippen molar-refractivity contribution >= 4 is 34.8 Å². The van der Waals surface area contributed by atoms with E-state index in [-0.39, 0.29) is 29.9 Å². The number of hydrogen-bond acceptors (Lipinski definition) is 6. The van der Waals surface area contributed by atoms with E-state index >= 15 is 0 Å². The summed E-state index contributed by atoms with van der Waals surface area (Å²) in [6.45, 7) is 3.94. The molecule has 6 nitrogen and oxygen atoms in total. The van der Waals surface area contributed by atoms with Crippen molar-refractivity contribution in [3.05, 3.63) is 58.5 Å². The van der Waals surface area contributed by atoms with Gasteiger partial charge in [0.2, 0.25) is 5.91 Å². The lowest BCUT2D eigenvalue weighted by molar-refractivity contribution is -0.119. The van der Waals surface area contributed by atoms with Gasteiger partial charge in [-0.05, 0) is 36.4 Å². The molecule has 1 atom stereocenters. The third kappa shape index (κ3) is 5.08. The van der Waals surface area contributed by atoms with Crippen LogP contribution in [-0.2, 0) is 11.2 Å². The Morgan fingerprint density at radius 2 is 2.07 bits per heavy atom. The van der Waals surface area contributed by atoms with Crippen LogP contribution >= 0.6 is 23.1 Å². The number of thiophene rings is 1. The maximum Gasteiger partial charge on any atom is 0.230 e. The Kier molecular flexibility index (Phi) is 7.00. The summed E-state index contributed by atoms with van der Waals surface area (Å²) in [4.78, 5) is 25.1. The van der Waals surface area contributed by atoms with Crippen molar-refractivity contribution in [1.82, 2.24) is 20.1 Å². The van der Waals surface area contributed by atoms with Gasteiger partial charge in [0, 0.05) is 12.5 Å². The smallest absolute Gasteiger partial charge is 0.230 e. The Balaban J connectivity index is 1.55. The summed E-state index contributed by atoms with van der Waals surface area (Å²) < 4.78 is 1.90. The van der Waals surface area contributed by atoms with Crippen LogP contribution in [-0.4, -0.2) is 38.2 Å². The van der Waals surface area contributed by atoms with Crippen LogP contribution in [0, 0.1) is 0 Å². The Morgan fingerprint density at radius 3 is 2.82 bits per heavy atom. The van der Waals surface area contributed by atoms with Gasteiger partial charge in [-0.25, -0.2) is 0 Å². The fourth-order valence-corrected chi connectivity index (χ4v) is 4.26. The highest BCUT2D eigenvalue weighted by atomic mass is 32.2. The second kappa shape index (κ2) is 9.66. The third-order valence-corrected chi connectivity index (χ3v) is 6.03. The van der Waals surface area contributed by atoms with Gasteiger partial charge in [0.1, 0.15) is 6.33 Å². The van der Waals surface area contributed by atoms with Gasteiger partial charge < -0.3 is 5.32 Å². The summed E-state index contributed by atoms with van der Waals surface area (Å²) in [6, 6.07) is 11.5. The molecule has 2 aromatic heterocycles. The fraction of sp³-hybridized carbons (Fsp3) is 0.300. The lowest BCUT2D eigenvalue weighted by Gasteiger charge is -2.13. The van der Waals surface area contributed by atoms with E-state index in [1.165, 1.54) is 28.7 Å². The Labute approximate surface area is 172 Å². The second-order valence-corrected chi connectivity index (χ2v) is 8.22. The topological polar surface area (TPSA) is 76.9 Å². The zero-order chi connectivity index (χ0) is 19.9. The molecule has 0 aliphatic heterocycles. The van der Waals surface area contributed by atoms with Gasteiger partial charge in [0.05, 0.1) is 16.3 Å². The van der Waals surface area contributed by atoms with Crippen molar-refractivity contribution in [2.75, 3.05) is 5.75 Å².